The molecule has 0 radical (unpaired) electrons. The monoisotopic (exact) mass is 264 g/mol. The summed E-state index contributed by atoms with van der Waals surface area (Å²) in [6, 6.07) is 6.58. The van der Waals surface area contributed by atoms with Crippen LogP contribution in [0.2, 0.25) is 0 Å². The van der Waals surface area contributed by atoms with Gasteiger partial charge in [-0.25, -0.2) is 0 Å². The minimum absolute atomic E-state index is 0.593. The fraction of sp³-hybridized carbons (Fsp3) is 0.571. The number of anilines is 2. The number of nitrogen functional groups attached to an aromatic ring is 1. The summed E-state index contributed by atoms with van der Waals surface area (Å²) in [5.74, 6) is 0.751. The molecule has 0 bridgehead atoms. The normalized spacial score (nSPS) is 16.6. The van der Waals surface area contributed by atoms with Crippen LogP contribution in [0.25, 0.3) is 0 Å². The Labute approximate surface area is 114 Å². The van der Waals surface area contributed by atoms with Crippen molar-refractivity contribution >= 4 is 11.4 Å². The first-order valence-corrected chi connectivity index (χ1v) is 6.86. The van der Waals surface area contributed by atoms with E-state index in [4.69, 9.17) is 16.2 Å². The van der Waals surface area contributed by atoms with Crippen LogP contribution in [0.1, 0.15) is 12.8 Å². The summed E-state index contributed by atoms with van der Waals surface area (Å²) in [5, 5.41) is 3.48. The van der Waals surface area contributed by atoms with E-state index in [1.165, 1.54) is 5.69 Å². The zero-order valence-electron chi connectivity index (χ0n) is 11.6. The molecule has 1 fully saturated rings. The van der Waals surface area contributed by atoms with Gasteiger partial charge in [-0.05, 0) is 25.0 Å². The number of methoxy groups -OCH3 is 1. The number of benzene rings is 1. The third-order valence-electron chi connectivity index (χ3n) is 3.65. The smallest absolute Gasteiger partial charge is 0.143 e. The molecule has 1 saturated heterocycles. The molecule has 106 valence electrons. The first kappa shape index (κ1) is 14.0. The Balaban J connectivity index is 1.94. The van der Waals surface area contributed by atoms with Gasteiger partial charge in [-0.15, -0.1) is 0 Å². The standard InChI is InChI=1S/C14H24N4O/c1-19-14-10-12(2-3-13(14)16)18-8-4-11(5-9-18)17-7-6-15/h2-3,10-11,17H,4-9,15-16H2,1H3. The predicted octanol–water partition coefficient (Wildman–Crippen LogP) is 0.795. The summed E-state index contributed by atoms with van der Waals surface area (Å²) in [4.78, 5) is 2.38. The lowest BCUT2D eigenvalue weighted by molar-refractivity contribution is 0.412. The molecule has 1 aromatic carbocycles. The van der Waals surface area contributed by atoms with Crippen LogP contribution in [0.5, 0.6) is 5.75 Å². The van der Waals surface area contributed by atoms with Gasteiger partial charge in [-0.2, -0.15) is 0 Å². The Morgan fingerprint density at radius 1 is 1.37 bits per heavy atom. The fourth-order valence-corrected chi connectivity index (χ4v) is 2.53. The largest absolute Gasteiger partial charge is 0.495 e. The molecule has 0 amide bonds. The number of nitrogens with two attached hydrogens (primary N) is 2. The van der Waals surface area contributed by atoms with Gasteiger partial charge in [0.05, 0.1) is 12.8 Å². The molecule has 5 nitrogen and oxygen atoms in total. The molecule has 0 aliphatic carbocycles. The SMILES string of the molecule is COc1cc(N2CCC(NCCN)CC2)ccc1N. The Kier molecular flexibility index (Phi) is 4.87. The summed E-state index contributed by atoms with van der Waals surface area (Å²) in [5.41, 5.74) is 13.2. The first-order valence-electron chi connectivity index (χ1n) is 6.86. The lowest BCUT2D eigenvalue weighted by Crippen LogP contribution is -2.43. The summed E-state index contributed by atoms with van der Waals surface area (Å²) in [6.45, 7) is 3.71. The number of rotatable bonds is 5. The van der Waals surface area contributed by atoms with E-state index >= 15 is 0 Å². The van der Waals surface area contributed by atoms with Gasteiger partial charge in [0.2, 0.25) is 0 Å². The van der Waals surface area contributed by atoms with Crippen molar-refractivity contribution < 1.29 is 4.74 Å². The molecule has 0 saturated carbocycles. The van der Waals surface area contributed by atoms with E-state index < -0.39 is 0 Å². The molecular weight excluding hydrogens is 240 g/mol. The second-order valence-corrected chi connectivity index (χ2v) is 4.93. The van der Waals surface area contributed by atoms with E-state index in [1.807, 2.05) is 12.1 Å². The van der Waals surface area contributed by atoms with Crippen LogP contribution < -0.4 is 26.4 Å². The van der Waals surface area contributed by atoms with Gasteiger partial charge in [0.15, 0.2) is 0 Å². The van der Waals surface area contributed by atoms with Gasteiger partial charge in [0, 0.05) is 44.0 Å². The fourth-order valence-electron chi connectivity index (χ4n) is 2.53. The maximum atomic E-state index is 5.84. The molecule has 0 atom stereocenters. The van der Waals surface area contributed by atoms with Crippen molar-refractivity contribution in [1.82, 2.24) is 5.32 Å². The van der Waals surface area contributed by atoms with Crippen molar-refractivity contribution in [2.24, 2.45) is 5.73 Å². The molecule has 1 aliphatic rings. The molecule has 1 heterocycles. The molecule has 0 unspecified atom stereocenters. The summed E-state index contributed by atoms with van der Waals surface area (Å²) < 4.78 is 5.27. The van der Waals surface area contributed by atoms with Crippen LogP contribution in [0.3, 0.4) is 0 Å². The van der Waals surface area contributed by atoms with Crippen molar-refractivity contribution in [2.75, 3.05) is 43.9 Å². The quantitative estimate of drug-likeness (QED) is 0.686. The Hall–Kier alpha value is -1.46. The Morgan fingerprint density at radius 2 is 2.11 bits per heavy atom. The van der Waals surface area contributed by atoms with Crippen molar-refractivity contribution in [1.29, 1.82) is 0 Å². The second-order valence-electron chi connectivity index (χ2n) is 4.93. The van der Waals surface area contributed by atoms with Crippen LogP contribution in [-0.2, 0) is 0 Å². The third-order valence-corrected chi connectivity index (χ3v) is 3.65. The number of hydrogen-bond acceptors (Lipinski definition) is 5. The summed E-state index contributed by atoms with van der Waals surface area (Å²) in [6.07, 6.45) is 2.29. The van der Waals surface area contributed by atoms with E-state index in [9.17, 15) is 0 Å². The number of piperidine rings is 1. The van der Waals surface area contributed by atoms with Gasteiger partial charge in [0.25, 0.3) is 0 Å². The Bertz CT molecular complexity index is 402. The van der Waals surface area contributed by atoms with Crippen LogP contribution in [0.15, 0.2) is 18.2 Å². The minimum atomic E-state index is 0.593. The Morgan fingerprint density at radius 3 is 2.74 bits per heavy atom. The van der Waals surface area contributed by atoms with Crippen LogP contribution in [-0.4, -0.2) is 39.3 Å². The molecular formula is C14H24N4O. The molecule has 2 rings (SSSR count). The second kappa shape index (κ2) is 6.63. The van der Waals surface area contributed by atoms with Gasteiger partial charge >= 0.3 is 0 Å². The highest BCUT2D eigenvalue weighted by Crippen LogP contribution is 2.29. The van der Waals surface area contributed by atoms with Crippen molar-refractivity contribution in [3.05, 3.63) is 18.2 Å². The molecule has 5 heteroatoms. The van der Waals surface area contributed by atoms with Gasteiger partial charge in [-0.1, -0.05) is 0 Å². The maximum Gasteiger partial charge on any atom is 0.143 e. The average molecular weight is 264 g/mol. The van der Waals surface area contributed by atoms with Gasteiger partial charge in [-0.3, -0.25) is 0 Å². The van der Waals surface area contributed by atoms with E-state index in [2.05, 4.69) is 16.3 Å². The van der Waals surface area contributed by atoms with Crippen molar-refractivity contribution in [3.63, 3.8) is 0 Å². The van der Waals surface area contributed by atoms with Crippen molar-refractivity contribution in [3.8, 4) is 5.75 Å². The molecule has 1 aliphatic heterocycles. The van der Waals surface area contributed by atoms with Gasteiger partial charge < -0.3 is 26.4 Å². The number of ether oxygens (including phenoxy) is 1. The maximum absolute atomic E-state index is 5.84. The average Bonchev–Trinajstić information content (AvgIpc) is 2.46. The highest BCUT2D eigenvalue weighted by atomic mass is 16.5. The highest BCUT2D eigenvalue weighted by molar-refractivity contribution is 5.62. The summed E-state index contributed by atoms with van der Waals surface area (Å²) in [7, 11) is 1.65. The molecule has 0 aromatic heterocycles. The van der Waals surface area contributed by atoms with Gasteiger partial charge in [0.1, 0.15) is 5.75 Å². The van der Waals surface area contributed by atoms with Crippen LogP contribution >= 0.6 is 0 Å². The molecule has 19 heavy (non-hydrogen) atoms. The predicted molar refractivity (Wildman–Crippen MR) is 79.7 cm³/mol. The number of hydrogen-bond donors (Lipinski definition) is 3. The third kappa shape index (κ3) is 3.52. The molecule has 0 spiro atoms. The zero-order chi connectivity index (χ0) is 13.7. The van der Waals surface area contributed by atoms with E-state index in [0.29, 0.717) is 18.3 Å². The zero-order valence-corrected chi connectivity index (χ0v) is 11.6. The molecule has 1 aromatic rings. The van der Waals surface area contributed by atoms with Crippen LogP contribution in [0, 0.1) is 0 Å². The highest BCUT2D eigenvalue weighted by Gasteiger charge is 2.19. The van der Waals surface area contributed by atoms with Crippen molar-refractivity contribution in [2.45, 2.75) is 18.9 Å². The van der Waals surface area contributed by atoms with E-state index in [0.717, 1.165) is 38.2 Å². The van der Waals surface area contributed by atoms with E-state index in [1.54, 1.807) is 7.11 Å². The lowest BCUT2D eigenvalue weighted by Gasteiger charge is -2.34. The first-order chi connectivity index (χ1) is 9.24. The van der Waals surface area contributed by atoms with Crippen LogP contribution in [0.4, 0.5) is 11.4 Å². The number of nitrogens with zero attached hydrogens (tertiary/aromatic N) is 1. The van der Waals surface area contributed by atoms with E-state index in [-0.39, 0.29) is 0 Å². The molecule has 5 N–H and O–H groups in total. The summed E-state index contributed by atoms with van der Waals surface area (Å²) >= 11 is 0. The number of nitrogens with one attached hydrogen (secondary N) is 1. The topological polar surface area (TPSA) is 76.5 Å². The minimum Gasteiger partial charge on any atom is -0.495 e. The lowest BCUT2D eigenvalue weighted by atomic mass is 10.0.